The lowest BCUT2D eigenvalue weighted by Gasteiger charge is -2.29. The van der Waals surface area contributed by atoms with Gasteiger partial charge in [-0.1, -0.05) is 49.2 Å². The number of aliphatic hydroxyl groups excluding tert-OH is 1. The van der Waals surface area contributed by atoms with Crippen LogP contribution in [-0.4, -0.2) is 42.8 Å². The summed E-state index contributed by atoms with van der Waals surface area (Å²) in [7, 11) is 1.94. The standard InChI is InChI=1S/C20H28N2O/c1-21-20(19(23)15-22-12-6-2-3-7-13-22)18-11-10-16-8-4-5-9-17(16)14-18/h4-5,8-11,14,19-21,23H,2-3,6-7,12-13,15H2,1H3. The van der Waals surface area contributed by atoms with Crippen molar-refractivity contribution in [2.75, 3.05) is 26.7 Å². The summed E-state index contributed by atoms with van der Waals surface area (Å²) < 4.78 is 0. The molecule has 1 aliphatic rings. The zero-order chi connectivity index (χ0) is 16.1. The molecule has 1 heterocycles. The van der Waals surface area contributed by atoms with Crippen molar-refractivity contribution < 1.29 is 5.11 Å². The molecule has 0 spiro atoms. The Hall–Kier alpha value is -1.42. The van der Waals surface area contributed by atoms with Gasteiger partial charge in [0.1, 0.15) is 0 Å². The molecule has 3 rings (SSSR count). The number of fused-ring (bicyclic) bond motifs is 1. The zero-order valence-corrected chi connectivity index (χ0v) is 14.0. The third-order valence-corrected chi connectivity index (χ3v) is 4.97. The lowest BCUT2D eigenvalue weighted by Crippen LogP contribution is -2.40. The fourth-order valence-electron chi connectivity index (χ4n) is 3.67. The predicted molar refractivity (Wildman–Crippen MR) is 96.7 cm³/mol. The van der Waals surface area contributed by atoms with Crippen LogP contribution >= 0.6 is 0 Å². The maximum absolute atomic E-state index is 10.8. The monoisotopic (exact) mass is 312 g/mol. The van der Waals surface area contributed by atoms with Crippen molar-refractivity contribution in [1.29, 1.82) is 0 Å². The molecule has 124 valence electrons. The number of benzene rings is 2. The number of aliphatic hydroxyl groups is 1. The van der Waals surface area contributed by atoms with Crippen LogP contribution in [0.4, 0.5) is 0 Å². The maximum Gasteiger partial charge on any atom is 0.0861 e. The molecule has 0 aromatic heterocycles. The van der Waals surface area contributed by atoms with E-state index in [2.05, 4.69) is 52.7 Å². The molecule has 2 aromatic rings. The van der Waals surface area contributed by atoms with Gasteiger partial charge in [0.2, 0.25) is 0 Å². The highest BCUT2D eigenvalue weighted by Gasteiger charge is 2.22. The van der Waals surface area contributed by atoms with Gasteiger partial charge in [-0.15, -0.1) is 0 Å². The van der Waals surface area contributed by atoms with E-state index in [0.717, 1.165) is 25.2 Å². The summed E-state index contributed by atoms with van der Waals surface area (Å²) >= 11 is 0. The minimum absolute atomic E-state index is 0.0251. The van der Waals surface area contributed by atoms with Crippen molar-refractivity contribution in [3.05, 3.63) is 48.0 Å². The first-order valence-corrected chi connectivity index (χ1v) is 8.84. The van der Waals surface area contributed by atoms with Crippen LogP contribution in [0.3, 0.4) is 0 Å². The fraction of sp³-hybridized carbons (Fsp3) is 0.500. The first kappa shape index (κ1) is 16.4. The van der Waals surface area contributed by atoms with Crippen molar-refractivity contribution >= 4 is 10.8 Å². The summed E-state index contributed by atoms with van der Waals surface area (Å²) in [6.45, 7) is 2.98. The van der Waals surface area contributed by atoms with Gasteiger partial charge in [0.05, 0.1) is 12.1 Å². The minimum atomic E-state index is -0.390. The van der Waals surface area contributed by atoms with Crippen LogP contribution in [-0.2, 0) is 0 Å². The predicted octanol–water partition coefficient (Wildman–Crippen LogP) is 3.34. The Balaban J connectivity index is 1.73. The second kappa shape index (κ2) is 7.91. The number of nitrogens with one attached hydrogen (secondary N) is 1. The van der Waals surface area contributed by atoms with Crippen molar-refractivity contribution in [3.8, 4) is 0 Å². The number of β-amino-alcohol motifs (C(OH)–C–C–N with tert-alkyl or cyclic N) is 1. The summed E-state index contributed by atoms with van der Waals surface area (Å²) in [4.78, 5) is 2.42. The van der Waals surface area contributed by atoms with Crippen LogP contribution in [0, 0.1) is 0 Å². The molecule has 2 N–H and O–H groups in total. The molecule has 3 heteroatoms. The van der Waals surface area contributed by atoms with Crippen molar-refractivity contribution in [3.63, 3.8) is 0 Å². The molecule has 3 nitrogen and oxygen atoms in total. The quantitative estimate of drug-likeness (QED) is 0.889. The van der Waals surface area contributed by atoms with Crippen LogP contribution in [0.5, 0.6) is 0 Å². The molecule has 2 atom stereocenters. The highest BCUT2D eigenvalue weighted by atomic mass is 16.3. The Bertz CT molecular complexity index is 620. The molecule has 0 amide bonds. The van der Waals surface area contributed by atoms with E-state index in [1.54, 1.807) is 0 Å². The van der Waals surface area contributed by atoms with E-state index < -0.39 is 0 Å². The summed E-state index contributed by atoms with van der Waals surface area (Å²) in [5.74, 6) is 0. The summed E-state index contributed by atoms with van der Waals surface area (Å²) in [6.07, 6.45) is 4.78. The number of likely N-dealkylation sites (N-methyl/N-ethyl adjacent to an activating group) is 1. The molecule has 23 heavy (non-hydrogen) atoms. The highest BCUT2D eigenvalue weighted by molar-refractivity contribution is 5.83. The molecular formula is C20H28N2O. The van der Waals surface area contributed by atoms with E-state index in [4.69, 9.17) is 0 Å². The number of hydrogen-bond acceptors (Lipinski definition) is 3. The van der Waals surface area contributed by atoms with E-state index in [-0.39, 0.29) is 12.1 Å². The number of rotatable bonds is 5. The average molecular weight is 312 g/mol. The van der Waals surface area contributed by atoms with Gasteiger partial charge < -0.3 is 15.3 Å². The molecular weight excluding hydrogens is 284 g/mol. The lowest BCUT2D eigenvalue weighted by molar-refractivity contribution is 0.0828. The van der Waals surface area contributed by atoms with E-state index >= 15 is 0 Å². The van der Waals surface area contributed by atoms with Crippen LogP contribution in [0.1, 0.15) is 37.3 Å². The molecule has 0 radical (unpaired) electrons. The largest absolute Gasteiger partial charge is 0.390 e. The first-order chi connectivity index (χ1) is 11.3. The van der Waals surface area contributed by atoms with E-state index in [1.807, 2.05) is 7.05 Å². The van der Waals surface area contributed by atoms with Crippen LogP contribution in [0.2, 0.25) is 0 Å². The summed E-state index contributed by atoms with van der Waals surface area (Å²) in [6, 6.07) is 14.8. The third-order valence-electron chi connectivity index (χ3n) is 4.97. The maximum atomic E-state index is 10.8. The Kier molecular flexibility index (Phi) is 5.65. The van der Waals surface area contributed by atoms with Gasteiger partial charge in [0, 0.05) is 6.54 Å². The second-order valence-electron chi connectivity index (χ2n) is 6.66. The molecule has 1 aliphatic heterocycles. The molecule has 0 aliphatic carbocycles. The summed E-state index contributed by atoms with van der Waals surface area (Å²) in [5, 5.41) is 16.6. The van der Waals surface area contributed by atoms with Gasteiger partial charge in [0.25, 0.3) is 0 Å². The van der Waals surface area contributed by atoms with Gasteiger partial charge in [-0.05, 0) is 55.4 Å². The van der Waals surface area contributed by atoms with E-state index in [9.17, 15) is 5.11 Å². The normalized spacial score (nSPS) is 19.4. The average Bonchev–Trinajstić information content (AvgIpc) is 2.84. The van der Waals surface area contributed by atoms with E-state index in [1.165, 1.54) is 36.5 Å². The number of hydrogen-bond donors (Lipinski definition) is 2. The van der Waals surface area contributed by atoms with Crippen molar-refractivity contribution in [2.24, 2.45) is 0 Å². The Morgan fingerprint density at radius 1 is 1.00 bits per heavy atom. The Morgan fingerprint density at radius 3 is 2.39 bits per heavy atom. The highest BCUT2D eigenvalue weighted by Crippen LogP contribution is 2.23. The molecule has 0 bridgehead atoms. The fourth-order valence-corrected chi connectivity index (χ4v) is 3.67. The number of likely N-dealkylation sites (tertiary alicyclic amines) is 1. The lowest BCUT2D eigenvalue weighted by atomic mass is 9.98. The number of nitrogens with zero attached hydrogens (tertiary/aromatic N) is 1. The molecule has 1 fully saturated rings. The van der Waals surface area contributed by atoms with Crippen molar-refractivity contribution in [1.82, 2.24) is 10.2 Å². The van der Waals surface area contributed by atoms with Crippen LogP contribution in [0.15, 0.2) is 42.5 Å². The van der Waals surface area contributed by atoms with Gasteiger partial charge in [-0.2, -0.15) is 0 Å². The Labute approximate surface area is 139 Å². The van der Waals surface area contributed by atoms with E-state index in [0.29, 0.717) is 0 Å². The molecule has 1 saturated heterocycles. The molecule has 2 aromatic carbocycles. The van der Waals surface area contributed by atoms with Gasteiger partial charge in [0.15, 0.2) is 0 Å². The van der Waals surface area contributed by atoms with Gasteiger partial charge in [-0.3, -0.25) is 0 Å². The zero-order valence-electron chi connectivity index (χ0n) is 14.0. The topological polar surface area (TPSA) is 35.5 Å². The third kappa shape index (κ3) is 4.11. The minimum Gasteiger partial charge on any atom is -0.390 e. The summed E-state index contributed by atoms with van der Waals surface area (Å²) in [5.41, 5.74) is 1.16. The first-order valence-electron chi connectivity index (χ1n) is 8.84. The molecule has 0 saturated carbocycles. The van der Waals surface area contributed by atoms with Crippen LogP contribution < -0.4 is 5.32 Å². The van der Waals surface area contributed by atoms with Gasteiger partial charge in [-0.25, -0.2) is 0 Å². The Morgan fingerprint density at radius 2 is 1.70 bits per heavy atom. The second-order valence-corrected chi connectivity index (χ2v) is 6.66. The SMILES string of the molecule is CNC(c1ccc2ccccc2c1)C(O)CN1CCCCCC1. The van der Waals surface area contributed by atoms with Gasteiger partial charge >= 0.3 is 0 Å². The smallest absolute Gasteiger partial charge is 0.0861 e. The van der Waals surface area contributed by atoms with Crippen LogP contribution in [0.25, 0.3) is 10.8 Å². The van der Waals surface area contributed by atoms with Crippen molar-refractivity contribution in [2.45, 2.75) is 37.8 Å². The molecule has 2 unspecified atom stereocenters.